The minimum Gasteiger partial charge on any atom is -0.293 e. The van der Waals surface area contributed by atoms with Crippen molar-refractivity contribution in [2.24, 2.45) is 5.92 Å². The van der Waals surface area contributed by atoms with Gasteiger partial charge in [0.15, 0.2) is 5.78 Å². The molecule has 3 rings (SSSR count). The lowest BCUT2D eigenvalue weighted by Crippen LogP contribution is -2.21. The molecule has 0 amide bonds. The number of carbonyl (C=O) groups excluding carboxylic acids is 1. The van der Waals surface area contributed by atoms with Crippen LogP contribution >= 0.6 is 12.2 Å². The lowest BCUT2D eigenvalue weighted by Gasteiger charge is -2.16. The van der Waals surface area contributed by atoms with Crippen LogP contribution in [0.3, 0.4) is 0 Å². The number of benzene rings is 2. The van der Waals surface area contributed by atoms with Crippen LogP contribution in [0.5, 0.6) is 0 Å². The van der Waals surface area contributed by atoms with Crippen LogP contribution < -0.4 is 0 Å². The summed E-state index contributed by atoms with van der Waals surface area (Å²) in [4.78, 5) is 13.2. The first-order valence-corrected chi connectivity index (χ1v) is 7.25. The van der Waals surface area contributed by atoms with Crippen LogP contribution in [0.1, 0.15) is 15.9 Å². The van der Waals surface area contributed by atoms with E-state index < -0.39 is 0 Å². The highest BCUT2D eigenvalue weighted by atomic mass is 32.1. The zero-order valence-corrected chi connectivity index (χ0v) is 12.2. The van der Waals surface area contributed by atoms with E-state index in [1.54, 1.807) is 0 Å². The quantitative estimate of drug-likeness (QED) is 0.611. The topological polar surface area (TPSA) is 17.1 Å². The number of ketones is 1. The molecule has 1 unspecified atom stereocenters. The van der Waals surface area contributed by atoms with Crippen molar-refractivity contribution in [1.82, 2.24) is 0 Å². The minimum absolute atomic E-state index is 0.0558. The fraction of sp³-hybridized carbons (Fsp3) is 0.0526. The Hall–Kier alpha value is -2.32. The van der Waals surface area contributed by atoms with Gasteiger partial charge in [0.05, 0.1) is 5.92 Å². The maximum atomic E-state index is 12.5. The van der Waals surface area contributed by atoms with Gasteiger partial charge < -0.3 is 0 Å². The van der Waals surface area contributed by atoms with Crippen molar-refractivity contribution >= 4 is 28.4 Å². The zero-order chi connectivity index (χ0) is 14.7. The van der Waals surface area contributed by atoms with Crippen molar-refractivity contribution in [3.63, 3.8) is 0 Å². The summed E-state index contributed by atoms with van der Waals surface area (Å²) in [5.74, 6) is -0.282. The summed E-state index contributed by atoms with van der Waals surface area (Å²) in [6.45, 7) is 0. The Morgan fingerprint density at radius 2 is 1.52 bits per heavy atom. The summed E-state index contributed by atoms with van der Waals surface area (Å²) in [5, 5.41) is 0. The van der Waals surface area contributed by atoms with Crippen molar-refractivity contribution in [1.29, 1.82) is 0 Å². The predicted octanol–water partition coefficient (Wildman–Crippen LogP) is 4.51. The van der Waals surface area contributed by atoms with Crippen LogP contribution in [0, 0.1) is 5.92 Å². The molecule has 0 heterocycles. The molecule has 0 saturated heterocycles. The van der Waals surface area contributed by atoms with Gasteiger partial charge >= 0.3 is 0 Å². The van der Waals surface area contributed by atoms with Gasteiger partial charge in [-0.05, 0) is 17.2 Å². The molecule has 0 fully saturated rings. The molecule has 0 N–H and O–H groups in total. The molecule has 0 spiro atoms. The molecular weight excluding hydrogens is 276 g/mol. The highest BCUT2D eigenvalue weighted by molar-refractivity contribution is 7.80. The Morgan fingerprint density at radius 3 is 2.14 bits per heavy atom. The molecule has 2 heteroatoms. The first kappa shape index (κ1) is 13.7. The van der Waals surface area contributed by atoms with Crippen molar-refractivity contribution in [2.45, 2.75) is 0 Å². The molecular formula is C19H14OS. The molecule has 0 aliphatic heterocycles. The molecule has 0 aromatic heterocycles. The fourth-order valence-corrected chi connectivity index (χ4v) is 2.71. The number of hydrogen-bond donors (Lipinski definition) is 0. The maximum absolute atomic E-state index is 12.5. The smallest absolute Gasteiger partial charge is 0.174 e. The molecule has 0 saturated carbocycles. The lowest BCUT2D eigenvalue weighted by molar-refractivity contribution is 0.0973. The standard InChI is InChI=1S/C19H14OS/c20-19(15-9-5-2-6-10-15)17-12-11-16(13-18(17)21)14-7-3-1-4-8-14/h1-13,17H. The molecule has 2 aromatic rings. The Balaban J connectivity index is 1.84. The average molecular weight is 290 g/mol. The second-order valence-electron chi connectivity index (χ2n) is 4.94. The van der Waals surface area contributed by atoms with Gasteiger partial charge in [-0.1, -0.05) is 85.0 Å². The van der Waals surface area contributed by atoms with E-state index in [1.165, 1.54) is 0 Å². The Kier molecular flexibility index (Phi) is 3.89. The molecule has 21 heavy (non-hydrogen) atoms. The van der Waals surface area contributed by atoms with E-state index in [0.29, 0.717) is 10.4 Å². The SMILES string of the molecule is O=C(c1ccccc1)C1C=CC(c2ccccc2)=CC1=S. The molecule has 1 aliphatic carbocycles. The highest BCUT2D eigenvalue weighted by Crippen LogP contribution is 2.25. The number of carbonyl (C=O) groups is 1. The van der Waals surface area contributed by atoms with Gasteiger partial charge in [0.1, 0.15) is 0 Å². The van der Waals surface area contributed by atoms with Crippen LogP contribution in [-0.4, -0.2) is 10.6 Å². The first-order valence-electron chi connectivity index (χ1n) is 6.84. The van der Waals surface area contributed by atoms with Gasteiger partial charge in [-0.15, -0.1) is 0 Å². The van der Waals surface area contributed by atoms with Crippen molar-refractivity contribution < 1.29 is 4.79 Å². The third-order valence-electron chi connectivity index (χ3n) is 3.52. The second-order valence-corrected chi connectivity index (χ2v) is 5.41. The third kappa shape index (κ3) is 2.91. The largest absolute Gasteiger partial charge is 0.293 e. The Morgan fingerprint density at radius 1 is 0.905 bits per heavy atom. The van der Waals surface area contributed by atoms with Gasteiger partial charge in [-0.25, -0.2) is 0 Å². The van der Waals surface area contributed by atoms with Crippen LogP contribution in [0.15, 0.2) is 78.9 Å². The number of allylic oxidation sites excluding steroid dienone is 4. The minimum atomic E-state index is -0.338. The highest BCUT2D eigenvalue weighted by Gasteiger charge is 2.23. The molecule has 0 radical (unpaired) electrons. The van der Waals surface area contributed by atoms with Crippen LogP contribution in [0.2, 0.25) is 0 Å². The van der Waals surface area contributed by atoms with Gasteiger partial charge in [0.25, 0.3) is 0 Å². The van der Waals surface area contributed by atoms with Crippen molar-refractivity contribution in [3.8, 4) is 0 Å². The van der Waals surface area contributed by atoms with E-state index in [1.807, 2.05) is 78.9 Å². The summed E-state index contributed by atoms with van der Waals surface area (Å²) < 4.78 is 0. The average Bonchev–Trinajstić information content (AvgIpc) is 2.56. The Bertz CT molecular complexity index is 727. The van der Waals surface area contributed by atoms with E-state index in [4.69, 9.17) is 12.2 Å². The number of hydrogen-bond acceptors (Lipinski definition) is 2. The van der Waals surface area contributed by atoms with Gasteiger partial charge in [-0.3, -0.25) is 4.79 Å². The number of rotatable bonds is 3. The van der Waals surface area contributed by atoms with E-state index in [2.05, 4.69) is 0 Å². The van der Waals surface area contributed by atoms with E-state index in [0.717, 1.165) is 11.1 Å². The molecule has 1 atom stereocenters. The summed E-state index contributed by atoms with van der Waals surface area (Å²) in [7, 11) is 0. The number of Topliss-reactive ketones (excluding diaryl/α,β-unsaturated/α-hetero) is 1. The van der Waals surface area contributed by atoms with E-state index >= 15 is 0 Å². The van der Waals surface area contributed by atoms with E-state index in [-0.39, 0.29) is 11.7 Å². The zero-order valence-electron chi connectivity index (χ0n) is 11.4. The normalized spacial score (nSPS) is 17.4. The third-order valence-corrected chi connectivity index (χ3v) is 3.89. The van der Waals surface area contributed by atoms with Gasteiger partial charge in [-0.2, -0.15) is 0 Å². The molecule has 102 valence electrons. The summed E-state index contributed by atoms with van der Waals surface area (Å²) in [6.07, 6.45) is 5.81. The summed E-state index contributed by atoms with van der Waals surface area (Å²) in [5.41, 5.74) is 2.87. The van der Waals surface area contributed by atoms with E-state index in [9.17, 15) is 4.79 Å². The molecule has 1 aliphatic rings. The van der Waals surface area contributed by atoms with Crippen molar-refractivity contribution in [2.75, 3.05) is 0 Å². The van der Waals surface area contributed by atoms with Crippen molar-refractivity contribution in [3.05, 3.63) is 90.0 Å². The molecule has 1 nitrogen and oxygen atoms in total. The van der Waals surface area contributed by atoms with Gasteiger partial charge in [0.2, 0.25) is 0 Å². The van der Waals surface area contributed by atoms with Crippen LogP contribution in [-0.2, 0) is 0 Å². The fourth-order valence-electron chi connectivity index (χ4n) is 2.39. The predicted molar refractivity (Wildman–Crippen MR) is 90.4 cm³/mol. The second kappa shape index (κ2) is 5.98. The molecule has 2 aromatic carbocycles. The van der Waals surface area contributed by atoms with Gasteiger partial charge in [0, 0.05) is 10.4 Å². The summed E-state index contributed by atoms with van der Waals surface area (Å²) >= 11 is 5.43. The Labute approximate surface area is 129 Å². The first-order chi connectivity index (χ1) is 10.3. The maximum Gasteiger partial charge on any atom is 0.174 e. The van der Waals surface area contributed by atoms with Crippen LogP contribution in [0.25, 0.3) is 5.57 Å². The summed E-state index contributed by atoms with van der Waals surface area (Å²) in [6, 6.07) is 19.3. The lowest BCUT2D eigenvalue weighted by atomic mass is 9.87. The monoisotopic (exact) mass is 290 g/mol. The number of thiocarbonyl (C=S) groups is 1. The molecule has 0 bridgehead atoms. The van der Waals surface area contributed by atoms with Crippen LogP contribution in [0.4, 0.5) is 0 Å².